The normalized spacial score (nSPS) is 32.8. The van der Waals surface area contributed by atoms with Crippen molar-refractivity contribution in [3.63, 3.8) is 0 Å². The molecule has 2 nitrogen and oxygen atoms in total. The van der Waals surface area contributed by atoms with E-state index in [9.17, 15) is 0 Å². The van der Waals surface area contributed by atoms with Gasteiger partial charge in [-0.25, -0.2) is 0 Å². The summed E-state index contributed by atoms with van der Waals surface area (Å²) in [5, 5.41) is 3.95. The molecule has 0 aromatic heterocycles. The summed E-state index contributed by atoms with van der Waals surface area (Å²) in [6.45, 7) is 5.88. The Labute approximate surface area is 114 Å². The van der Waals surface area contributed by atoms with E-state index in [1.54, 1.807) is 0 Å². The summed E-state index contributed by atoms with van der Waals surface area (Å²) in [5.41, 5.74) is 0. The van der Waals surface area contributed by atoms with Crippen LogP contribution in [0, 0.1) is 5.92 Å². The van der Waals surface area contributed by atoms with Crippen LogP contribution in [0.5, 0.6) is 0 Å². The number of hydrogen-bond donors (Lipinski definition) is 1. The molecule has 2 heteroatoms. The monoisotopic (exact) mass is 252 g/mol. The highest BCUT2D eigenvalue weighted by Crippen LogP contribution is 2.32. The van der Waals surface area contributed by atoms with Gasteiger partial charge in [0.15, 0.2) is 0 Å². The lowest BCUT2D eigenvalue weighted by molar-refractivity contribution is 0.134. The molecule has 0 aromatic rings. The van der Waals surface area contributed by atoms with Gasteiger partial charge in [0.05, 0.1) is 0 Å². The number of nitrogens with one attached hydrogen (secondary N) is 1. The predicted molar refractivity (Wildman–Crippen MR) is 78.9 cm³/mol. The Balaban J connectivity index is 1.80. The molecule has 0 radical (unpaired) electrons. The van der Waals surface area contributed by atoms with Crippen molar-refractivity contribution in [2.75, 3.05) is 13.6 Å². The highest BCUT2D eigenvalue weighted by atomic mass is 15.2. The maximum absolute atomic E-state index is 3.95. The number of nitrogens with zero attached hydrogens (tertiary/aromatic N) is 1. The van der Waals surface area contributed by atoms with Crippen molar-refractivity contribution >= 4 is 0 Å². The van der Waals surface area contributed by atoms with Gasteiger partial charge in [-0.1, -0.05) is 26.7 Å². The first-order valence-electron chi connectivity index (χ1n) is 8.20. The lowest BCUT2D eigenvalue weighted by Gasteiger charge is -2.42. The zero-order valence-electron chi connectivity index (χ0n) is 12.6. The molecule has 1 N–H and O–H groups in total. The van der Waals surface area contributed by atoms with Crippen LogP contribution in [-0.2, 0) is 0 Å². The van der Waals surface area contributed by atoms with Crippen molar-refractivity contribution in [3.05, 3.63) is 0 Å². The second-order valence-electron chi connectivity index (χ2n) is 6.50. The molecule has 0 amide bonds. The van der Waals surface area contributed by atoms with Gasteiger partial charge in [0, 0.05) is 24.7 Å². The third kappa shape index (κ3) is 3.48. The fraction of sp³-hybridized carbons (Fsp3) is 1.00. The van der Waals surface area contributed by atoms with Crippen LogP contribution in [0.3, 0.4) is 0 Å². The van der Waals surface area contributed by atoms with Crippen molar-refractivity contribution in [1.82, 2.24) is 10.2 Å². The van der Waals surface area contributed by atoms with Gasteiger partial charge in [0.25, 0.3) is 0 Å². The highest BCUT2D eigenvalue weighted by Gasteiger charge is 2.32. The Morgan fingerprint density at radius 1 is 1.06 bits per heavy atom. The van der Waals surface area contributed by atoms with E-state index < -0.39 is 0 Å². The minimum atomic E-state index is 0.745. The zero-order valence-corrected chi connectivity index (χ0v) is 12.6. The van der Waals surface area contributed by atoms with E-state index in [2.05, 4.69) is 31.1 Å². The lowest BCUT2D eigenvalue weighted by Crippen LogP contribution is -2.53. The maximum Gasteiger partial charge on any atom is 0.0197 e. The Bertz CT molecular complexity index is 237. The molecule has 2 fully saturated rings. The van der Waals surface area contributed by atoms with Gasteiger partial charge in [-0.15, -0.1) is 0 Å². The Morgan fingerprint density at radius 2 is 1.78 bits per heavy atom. The quantitative estimate of drug-likeness (QED) is 0.806. The molecule has 0 aromatic carbocycles. The Morgan fingerprint density at radius 3 is 2.50 bits per heavy atom. The lowest BCUT2D eigenvalue weighted by atomic mass is 9.77. The van der Waals surface area contributed by atoms with Crippen LogP contribution in [-0.4, -0.2) is 36.6 Å². The number of hydrogen-bond acceptors (Lipinski definition) is 2. The average Bonchev–Trinajstić information content (AvgIpc) is 2.40. The van der Waals surface area contributed by atoms with Crippen molar-refractivity contribution in [2.24, 2.45) is 5.92 Å². The molecule has 18 heavy (non-hydrogen) atoms. The predicted octanol–water partition coefficient (Wildman–Crippen LogP) is 3.42. The van der Waals surface area contributed by atoms with Gasteiger partial charge in [0.1, 0.15) is 0 Å². The van der Waals surface area contributed by atoms with Crippen LogP contribution in [0.2, 0.25) is 0 Å². The molecule has 0 bridgehead atoms. The number of rotatable bonds is 5. The number of likely N-dealkylation sites (N-methyl/N-ethyl adjacent to an activating group) is 1. The summed E-state index contributed by atoms with van der Waals surface area (Å²) in [4.78, 5) is 2.58. The average molecular weight is 252 g/mol. The first kappa shape index (κ1) is 14.3. The maximum atomic E-state index is 3.95. The van der Waals surface area contributed by atoms with Crippen molar-refractivity contribution in [3.8, 4) is 0 Å². The van der Waals surface area contributed by atoms with E-state index in [-0.39, 0.29) is 0 Å². The third-order valence-electron chi connectivity index (χ3n) is 5.32. The minimum absolute atomic E-state index is 0.745. The Kier molecular flexibility index (Phi) is 5.50. The van der Waals surface area contributed by atoms with Crippen molar-refractivity contribution in [1.29, 1.82) is 0 Å². The van der Waals surface area contributed by atoms with Crippen LogP contribution in [0.25, 0.3) is 0 Å². The van der Waals surface area contributed by atoms with Gasteiger partial charge < -0.3 is 10.2 Å². The van der Waals surface area contributed by atoms with E-state index in [1.807, 2.05) is 0 Å². The molecule has 1 heterocycles. The molecule has 0 spiro atoms. The molecule has 2 rings (SSSR count). The largest absolute Gasteiger partial charge is 0.310 e. The second kappa shape index (κ2) is 6.91. The SMILES string of the molecule is CCC(CC)N(C)CC1CCC2CCCCC2N1. The van der Waals surface area contributed by atoms with E-state index in [0.717, 1.165) is 24.0 Å². The standard InChI is InChI=1S/C16H32N2/c1-4-15(5-2)18(3)12-14-11-10-13-8-6-7-9-16(13)17-14/h13-17H,4-12H2,1-3H3. The van der Waals surface area contributed by atoms with Crippen LogP contribution in [0.4, 0.5) is 0 Å². The first-order valence-corrected chi connectivity index (χ1v) is 8.20. The summed E-state index contributed by atoms with van der Waals surface area (Å²) in [5.74, 6) is 0.994. The fourth-order valence-corrected chi connectivity index (χ4v) is 4.13. The van der Waals surface area contributed by atoms with Gasteiger partial charge >= 0.3 is 0 Å². The molecule has 1 aliphatic heterocycles. The van der Waals surface area contributed by atoms with Crippen LogP contribution >= 0.6 is 0 Å². The molecule has 1 saturated carbocycles. The van der Waals surface area contributed by atoms with Gasteiger partial charge in [-0.05, 0) is 51.5 Å². The zero-order chi connectivity index (χ0) is 13.0. The van der Waals surface area contributed by atoms with Crippen LogP contribution < -0.4 is 5.32 Å². The Hall–Kier alpha value is -0.0800. The van der Waals surface area contributed by atoms with Crippen molar-refractivity contribution < 1.29 is 0 Å². The summed E-state index contributed by atoms with van der Waals surface area (Å²) >= 11 is 0. The van der Waals surface area contributed by atoms with Crippen LogP contribution in [0.1, 0.15) is 65.2 Å². The van der Waals surface area contributed by atoms with Crippen LogP contribution in [0.15, 0.2) is 0 Å². The first-order chi connectivity index (χ1) is 8.74. The van der Waals surface area contributed by atoms with Crippen molar-refractivity contribution in [2.45, 2.75) is 83.3 Å². The van der Waals surface area contributed by atoms with Gasteiger partial charge in [-0.3, -0.25) is 0 Å². The van der Waals surface area contributed by atoms with E-state index in [1.165, 1.54) is 57.9 Å². The van der Waals surface area contributed by atoms with E-state index >= 15 is 0 Å². The molecule has 3 unspecified atom stereocenters. The van der Waals surface area contributed by atoms with E-state index in [4.69, 9.17) is 0 Å². The summed E-state index contributed by atoms with van der Waals surface area (Å²) in [7, 11) is 2.31. The smallest absolute Gasteiger partial charge is 0.0197 e. The number of fused-ring (bicyclic) bond motifs is 1. The highest BCUT2D eigenvalue weighted by molar-refractivity contribution is 4.90. The molecule has 1 saturated heterocycles. The second-order valence-corrected chi connectivity index (χ2v) is 6.50. The van der Waals surface area contributed by atoms with Gasteiger partial charge in [-0.2, -0.15) is 0 Å². The third-order valence-corrected chi connectivity index (χ3v) is 5.32. The fourth-order valence-electron chi connectivity index (χ4n) is 4.13. The van der Waals surface area contributed by atoms with E-state index in [0.29, 0.717) is 0 Å². The van der Waals surface area contributed by atoms with Gasteiger partial charge in [0.2, 0.25) is 0 Å². The summed E-state index contributed by atoms with van der Waals surface area (Å²) in [6.07, 6.45) is 11.3. The molecule has 2 aliphatic rings. The molecular formula is C16H32N2. The molecule has 3 atom stereocenters. The topological polar surface area (TPSA) is 15.3 Å². The molecule has 1 aliphatic carbocycles. The molecule has 106 valence electrons. The minimum Gasteiger partial charge on any atom is -0.310 e. The summed E-state index contributed by atoms with van der Waals surface area (Å²) in [6, 6.07) is 2.36. The summed E-state index contributed by atoms with van der Waals surface area (Å²) < 4.78 is 0. The molecular weight excluding hydrogens is 220 g/mol. The number of piperidine rings is 1.